The summed E-state index contributed by atoms with van der Waals surface area (Å²) in [7, 11) is 1.64. The molecule has 2 rings (SSSR count). The lowest BCUT2D eigenvalue weighted by Crippen LogP contribution is -2.24. The Labute approximate surface area is 112 Å². The van der Waals surface area contributed by atoms with Crippen molar-refractivity contribution < 1.29 is 9.26 Å². The summed E-state index contributed by atoms with van der Waals surface area (Å²) in [6.07, 6.45) is 0.762. The molecule has 5 nitrogen and oxygen atoms in total. The number of nitrogens with zero attached hydrogens (tertiary/aromatic N) is 2. The van der Waals surface area contributed by atoms with Gasteiger partial charge in [-0.25, -0.2) is 0 Å². The van der Waals surface area contributed by atoms with Crippen LogP contribution in [-0.4, -0.2) is 17.3 Å². The van der Waals surface area contributed by atoms with E-state index in [1.54, 1.807) is 7.11 Å². The largest absolute Gasteiger partial charge is 0.398 e. The van der Waals surface area contributed by atoms with Crippen LogP contribution in [-0.2, 0) is 10.3 Å². The molecule has 1 heterocycles. The Bertz CT molecular complexity index is 574. The molecular formula is C14H19N3O2. The summed E-state index contributed by atoms with van der Waals surface area (Å²) in [6, 6.07) is 5.64. The molecule has 1 aromatic heterocycles. The Morgan fingerprint density at radius 2 is 2.16 bits per heavy atom. The molecule has 1 aromatic carbocycles. The molecule has 0 saturated carbocycles. The van der Waals surface area contributed by atoms with Crippen LogP contribution in [0.3, 0.4) is 0 Å². The number of nitrogens with two attached hydrogens (primary N) is 1. The first-order valence-corrected chi connectivity index (χ1v) is 6.26. The first-order valence-electron chi connectivity index (χ1n) is 6.26. The van der Waals surface area contributed by atoms with E-state index in [2.05, 4.69) is 10.1 Å². The Hall–Kier alpha value is -1.88. The zero-order valence-corrected chi connectivity index (χ0v) is 11.7. The quantitative estimate of drug-likeness (QED) is 0.856. The van der Waals surface area contributed by atoms with Gasteiger partial charge in [-0.05, 0) is 38.0 Å². The fourth-order valence-corrected chi connectivity index (χ4v) is 1.83. The van der Waals surface area contributed by atoms with Crippen molar-refractivity contribution in [1.82, 2.24) is 10.1 Å². The van der Waals surface area contributed by atoms with Gasteiger partial charge in [-0.15, -0.1) is 0 Å². The molecule has 0 saturated heterocycles. The van der Waals surface area contributed by atoms with Crippen molar-refractivity contribution in [1.29, 1.82) is 0 Å². The topological polar surface area (TPSA) is 74.2 Å². The van der Waals surface area contributed by atoms with E-state index in [4.69, 9.17) is 15.0 Å². The van der Waals surface area contributed by atoms with Crippen molar-refractivity contribution in [3.8, 4) is 11.5 Å². The van der Waals surface area contributed by atoms with Gasteiger partial charge in [0, 0.05) is 18.4 Å². The number of hydrogen-bond acceptors (Lipinski definition) is 5. The number of anilines is 1. The number of hydrogen-bond donors (Lipinski definition) is 1. The Morgan fingerprint density at radius 1 is 1.42 bits per heavy atom. The van der Waals surface area contributed by atoms with Crippen LogP contribution in [0, 0.1) is 6.92 Å². The molecule has 0 radical (unpaired) electrons. The smallest absolute Gasteiger partial charge is 0.258 e. The Morgan fingerprint density at radius 3 is 2.79 bits per heavy atom. The zero-order valence-electron chi connectivity index (χ0n) is 11.7. The molecular weight excluding hydrogens is 242 g/mol. The number of rotatable bonds is 4. The van der Waals surface area contributed by atoms with E-state index >= 15 is 0 Å². The molecule has 0 bridgehead atoms. The Kier molecular flexibility index (Phi) is 3.57. The van der Waals surface area contributed by atoms with Crippen LogP contribution >= 0.6 is 0 Å². The van der Waals surface area contributed by atoms with Gasteiger partial charge in [-0.3, -0.25) is 0 Å². The summed E-state index contributed by atoms with van der Waals surface area (Å²) in [5.74, 6) is 1.02. The number of nitrogen functional groups attached to an aromatic ring is 1. The highest BCUT2D eigenvalue weighted by Crippen LogP contribution is 2.30. The van der Waals surface area contributed by atoms with Crippen LogP contribution in [0.25, 0.3) is 11.5 Å². The van der Waals surface area contributed by atoms with Crippen molar-refractivity contribution in [2.75, 3.05) is 12.8 Å². The molecule has 2 aromatic rings. The van der Waals surface area contributed by atoms with Gasteiger partial charge in [0.1, 0.15) is 5.60 Å². The molecule has 0 aliphatic carbocycles. The lowest BCUT2D eigenvalue weighted by molar-refractivity contribution is -0.0106. The molecule has 2 N–H and O–H groups in total. The minimum absolute atomic E-state index is 0.469. The predicted octanol–water partition coefficient (Wildman–Crippen LogP) is 2.90. The van der Waals surface area contributed by atoms with Gasteiger partial charge >= 0.3 is 0 Å². The van der Waals surface area contributed by atoms with Crippen LogP contribution in [0.5, 0.6) is 0 Å². The normalized spacial score (nSPS) is 14.3. The van der Waals surface area contributed by atoms with Crippen molar-refractivity contribution in [2.24, 2.45) is 0 Å². The van der Waals surface area contributed by atoms with Gasteiger partial charge in [-0.2, -0.15) is 4.98 Å². The third-order valence-corrected chi connectivity index (χ3v) is 3.63. The second kappa shape index (κ2) is 5.01. The average Bonchev–Trinajstić information content (AvgIpc) is 2.91. The monoisotopic (exact) mass is 261 g/mol. The molecule has 19 heavy (non-hydrogen) atoms. The highest BCUT2D eigenvalue weighted by Gasteiger charge is 2.30. The van der Waals surface area contributed by atoms with Crippen LogP contribution in [0.2, 0.25) is 0 Å². The highest BCUT2D eigenvalue weighted by molar-refractivity contribution is 5.66. The summed E-state index contributed by atoms with van der Waals surface area (Å²) in [6.45, 7) is 5.89. The first kappa shape index (κ1) is 13.5. The maximum atomic E-state index is 5.89. The summed E-state index contributed by atoms with van der Waals surface area (Å²) < 4.78 is 10.8. The second-order valence-corrected chi connectivity index (χ2v) is 4.73. The molecule has 0 spiro atoms. The third kappa shape index (κ3) is 2.33. The molecule has 0 fully saturated rings. The van der Waals surface area contributed by atoms with E-state index < -0.39 is 5.60 Å². The van der Waals surface area contributed by atoms with E-state index in [-0.39, 0.29) is 0 Å². The zero-order chi connectivity index (χ0) is 14.0. The van der Waals surface area contributed by atoms with Gasteiger partial charge in [0.05, 0.1) is 0 Å². The van der Waals surface area contributed by atoms with Crippen molar-refractivity contribution in [3.05, 3.63) is 29.6 Å². The Balaban J connectivity index is 2.44. The average molecular weight is 261 g/mol. The van der Waals surface area contributed by atoms with E-state index in [1.165, 1.54) is 0 Å². The van der Waals surface area contributed by atoms with Gasteiger partial charge in [-0.1, -0.05) is 18.1 Å². The number of methoxy groups -OCH3 is 1. The van der Waals surface area contributed by atoms with E-state index in [0.29, 0.717) is 17.4 Å². The molecule has 1 atom stereocenters. The summed E-state index contributed by atoms with van der Waals surface area (Å²) in [5, 5.41) is 4.03. The molecule has 0 amide bonds. The van der Waals surface area contributed by atoms with Crippen LogP contribution in [0.4, 0.5) is 5.69 Å². The van der Waals surface area contributed by atoms with Gasteiger partial charge < -0.3 is 15.0 Å². The van der Waals surface area contributed by atoms with E-state index in [0.717, 1.165) is 17.5 Å². The lowest BCUT2D eigenvalue weighted by atomic mass is 10.0. The predicted molar refractivity (Wildman–Crippen MR) is 73.5 cm³/mol. The van der Waals surface area contributed by atoms with Gasteiger partial charge in [0.15, 0.2) is 0 Å². The van der Waals surface area contributed by atoms with Gasteiger partial charge in [0.25, 0.3) is 5.89 Å². The fraction of sp³-hybridized carbons (Fsp3) is 0.429. The molecule has 102 valence electrons. The third-order valence-electron chi connectivity index (χ3n) is 3.63. The van der Waals surface area contributed by atoms with Crippen molar-refractivity contribution in [2.45, 2.75) is 32.8 Å². The fourth-order valence-electron chi connectivity index (χ4n) is 1.83. The molecule has 0 aliphatic heterocycles. The SMILES string of the molecule is CCC(C)(OC)c1noc(-c2cccc(N)c2C)n1. The van der Waals surface area contributed by atoms with Crippen LogP contribution < -0.4 is 5.73 Å². The maximum absolute atomic E-state index is 5.89. The van der Waals surface area contributed by atoms with Crippen molar-refractivity contribution in [3.63, 3.8) is 0 Å². The highest BCUT2D eigenvalue weighted by atomic mass is 16.5. The number of aromatic nitrogens is 2. The summed E-state index contributed by atoms with van der Waals surface area (Å²) in [5.41, 5.74) is 7.86. The molecule has 0 aliphatic rings. The maximum Gasteiger partial charge on any atom is 0.258 e. The molecule has 5 heteroatoms. The lowest BCUT2D eigenvalue weighted by Gasteiger charge is -2.21. The van der Waals surface area contributed by atoms with E-state index in [1.807, 2.05) is 39.0 Å². The number of benzene rings is 1. The minimum Gasteiger partial charge on any atom is -0.398 e. The molecule has 1 unspecified atom stereocenters. The van der Waals surface area contributed by atoms with E-state index in [9.17, 15) is 0 Å². The second-order valence-electron chi connectivity index (χ2n) is 4.73. The van der Waals surface area contributed by atoms with Crippen molar-refractivity contribution >= 4 is 5.69 Å². The number of ether oxygens (including phenoxy) is 1. The van der Waals surface area contributed by atoms with Crippen LogP contribution in [0.1, 0.15) is 31.7 Å². The van der Waals surface area contributed by atoms with Crippen LogP contribution in [0.15, 0.2) is 22.7 Å². The summed E-state index contributed by atoms with van der Waals surface area (Å²) >= 11 is 0. The standard InChI is InChI=1S/C14H19N3O2/c1-5-14(3,18-4)13-16-12(19-17-13)10-7-6-8-11(15)9(10)2/h6-8H,5,15H2,1-4H3. The minimum atomic E-state index is -0.532. The van der Waals surface area contributed by atoms with Gasteiger partial charge in [0.2, 0.25) is 5.82 Å². The first-order chi connectivity index (χ1) is 9.01. The summed E-state index contributed by atoms with van der Waals surface area (Å²) in [4.78, 5) is 4.44.